The minimum absolute atomic E-state index is 0.631. The van der Waals surface area contributed by atoms with Crippen molar-refractivity contribution in [2.75, 3.05) is 0 Å². The van der Waals surface area contributed by atoms with Crippen LogP contribution >= 0.6 is 0 Å². The van der Waals surface area contributed by atoms with Crippen LogP contribution in [0.25, 0.3) is 0 Å². The fourth-order valence-corrected chi connectivity index (χ4v) is 2.19. The van der Waals surface area contributed by atoms with E-state index in [1.54, 1.807) is 0 Å². The molecule has 0 bridgehead atoms. The summed E-state index contributed by atoms with van der Waals surface area (Å²) in [7, 11) is 0. The summed E-state index contributed by atoms with van der Waals surface area (Å²) in [6.07, 6.45) is 2.66. The van der Waals surface area contributed by atoms with Gasteiger partial charge in [-0.05, 0) is 48.6 Å². The zero-order chi connectivity index (χ0) is 13.8. The predicted molar refractivity (Wildman–Crippen MR) is 81.8 cm³/mol. The second-order valence-corrected chi connectivity index (χ2v) is 5.51. The summed E-state index contributed by atoms with van der Waals surface area (Å²) in [5.41, 5.74) is 3.84. The highest BCUT2D eigenvalue weighted by Gasteiger charge is 2.19. The minimum atomic E-state index is 0.631. The number of aryl methyl sites for hydroxylation is 1. The summed E-state index contributed by atoms with van der Waals surface area (Å²) < 4.78 is 5.85. The first-order valence-electron chi connectivity index (χ1n) is 7.31. The SMILES string of the molecule is Cc1ccccc1COc1ccc(CNC2CC2)cc1. The Hall–Kier alpha value is -1.80. The van der Waals surface area contributed by atoms with Crippen LogP contribution in [0.3, 0.4) is 0 Å². The molecule has 1 aliphatic rings. The maximum absolute atomic E-state index is 5.85. The molecule has 2 aromatic carbocycles. The van der Waals surface area contributed by atoms with Crippen LogP contribution in [0.4, 0.5) is 0 Å². The average Bonchev–Trinajstić information content (AvgIpc) is 3.30. The van der Waals surface area contributed by atoms with Crippen LogP contribution in [0.15, 0.2) is 48.5 Å². The second-order valence-electron chi connectivity index (χ2n) is 5.51. The van der Waals surface area contributed by atoms with Gasteiger partial charge in [-0.3, -0.25) is 0 Å². The summed E-state index contributed by atoms with van der Waals surface area (Å²) in [5, 5.41) is 3.52. The fraction of sp³-hybridized carbons (Fsp3) is 0.333. The smallest absolute Gasteiger partial charge is 0.119 e. The maximum atomic E-state index is 5.85. The zero-order valence-corrected chi connectivity index (χ0v) is 11.9. The van der Waals surface area contributed by atoms with Crippen LogP contribution in [-0.2, 0) is 13.2 Å². The summed E-state index contributed by atoms with van der Waals surface area (Å²) in [5.74, 6) is 0.934. The number of nitrogens with one attached hydrogen (secondary N) is 1. The standard InChI is InChI=1S/C18H21NO/c1-14-4-2-3-5-16(14)13-20-18-10-6-15(7-11-18)12-19-17-8-9-17/h2-7,10-11,17,19H,8-9,12-13H2,1H3. The van der Waals surface area contributed by atoms with Crippen LogP contribution in [-0.4, -0.2) is 6.04 Å². The van der Waals surface area contributed by atoms with Crippen LogP contribution < -0.4 is 10.1 Å². The van der Waals surface area contributed by atoms with Gasteiger partial charge in [0.2, 0.25) is 0 Å². The Morgan fingerprint density at radius 3 is 2.50 bits per heavy atom. The number of ether oxygens (including phenoxy) is 1. The molecule has 0 aliphatic heterocycles. The topological polar surface area (TPSA) is 21.3 Å². The molecule has 1 N–H and O–H groups in total. The van der Waals surface area contributed by atoms with Gasteiger partial charge in [0, 0.05) is 12.6 Å². The molecule has 104 valence electrons. The molecule has 0 spiro atoms. The third-order valence-corrected chi connectivity index (χ3v) is 3.75. The monoisotopic (exact) mass is 267 g/mol. The van der Waals surface area contributed by atoms with E-state index in [1.165, 1.54) is 29.5 Å². The fourth-order valence-electron chi connectivity index (χ4n) is 2.19. The third-order valence-electron chi connectivity index (χ3n) is 3.75. The van der Waals surface area contributed by atoms with Gasteiger partial charge in [-0.25, -0.2) is 0 Å². The van der Waals surface area contributed by atoms with Gasteiger partial charge in [0.15, 0.2) is 0 Å². The van der Waals surface area contributed by atoms with Crippen molar-refractivity contribution in [3.05, 3.63) is 65.2 Å². The van der Waals surface area contributed by atoms with E-state index in [0.29, 0.717) is 6.61 Å². The first kappa shape index (κ1) is 13.2. The molecular weight excluding hydrogens is 246 g/mol. The lowest BCUT2D eigenvalue weighted by molar-refractivity contribution is 0.305. The first-order chi connectivity index (χ1) is 9.81. The van der Waals surface area contributed by atoms with Crippen molar-refractivity contribution in [2.45, 2.75) is 39.0 Å². The van der Waals surface area contributed by atoms with Crippen molar-refractivity contribution in [1.29, 1.82) is 0 Å². The van der Waals surface area contributed by atoms with Gasteiger partial charge in [0.05, 0.1) is 0 Å². The second kappa shape index (κ2) is 6.10. The van der Waals surface area contributed by atoms with Crippen LogP contribution in [0.1, 0.15) is 29.5 Å². The summed E-state index contributed by atoms with van der Waals surface area (Å²) in [4.78, 5) is 0. The van der Waals surface area contributed by atoms with Crippen LogP contribution in [0.2, 0.25) is 0 Å². The third kappa shape index (κ3) is 3.61. The quantitative estimate of drug-likeness (QED) is 0.859. The molecule has 0 saturated heterocycles. The van der Waals surface area contributed by atoms with Crippen molar-refractivity contribution >= 4 is 0 Å². The number of rotatable bonds is 6. The molecule has 2 nitrogen and oxygen atoms in total. The molecule has 3 rings (SSSR count). The van der Waals surface area contributed by atoms with Gasteiger partial charge >= 0.3 is 0 Å². The summed E-state index contributed by atoms with van der Waals surface area (Å²) in [6, 6.07) is 17.5. The maximum Gasteiger partial charge on any atom is 0.119 e. The molecule has 0 aromatic heterocycles. The highest BCUT2D eigenvalue weighted by molar-refractivity contribution is 5.29. The van der Waals surface area contributed by atoms with Gasteiger partial charge in [0.1, 0.15) is 12.4 Å². The number of hydrogen-bond acceptors (Lipinski definition) is 2. The molecule has 2 aromatic rings. The molecule has 0 atom stereocenters. The Balaban J connectivity index is 1.53. The van der Waals surface area contributed by atoms with E-state index in [-0.39, 0.29) is 0 Å². The van der Waals surface area contributed by atoms with E-state index in [0.717, 1.165) is 18.3 Å². The minimum Gasteiger partial charge on any atom is -0.489 e. The van der Waals surface area contributed by atoms with E-state index in [9.17, 15) is 0 Å². The molecule has 0 heterocycles. The molecule has 1 saturated carbocycles. The van der Waals surface area contributed by atoms with E-state index in [4.69, 9.17) is 4.74 Å². The Kier molecular flexibility index (Phi) is 4.03. The Labute approximate surface area is 120 Å². The van der Waals surface area contributed by atoms with Crippen LogP contribution in [0.5, 0.6) is 5.75 Å². The van der Waals surface area contributed by atoms with Gasteiger partial charge in [-0.15, -0.1) is 0 Å². The lowest BCUT2D eigenvalue weighted by Crippen LogP contribution is -2.15. The molecule has 2 heteroatoms. The predicted octanol–water partition coefficient (Wildman–Crippen LogP) is 3.83. The highest BCUT2D eigenvalue weighted by atomic mass is 16.5. The van der Waals surface area contributed by atoms with Crippen molar-refractivity contribution in [1.82, 2.24) is 5.32 Å². The van der Waals surface area contributed by atoms with E-state index in [1.807, 2.05) is 0 Å². The molecule has 0 radical (unpaired) electrons. The Morgan fingerprint density at radius 2 is 1.80 bits per heavy atom. The van der Waals surface area contributed by atoms with Gasteiger partial charge in [0.25, 0.3) is 0 Å². The first-order valence-corrected chi connectivity index (χ1v) is 7.31. The van der Waals surface area contributed by atoms with Crippen molar-refractivity contribution in [3.8, 4) is 5.75 Å². The Morgan fingerprint density at radius 1 is 1.05 bits per heavy atom. The largest absolute Gasteiger partial charge is 0.489 e. The summed E-state index contributed by atoms with van der Waals surface area (Å²) in [6.45, 7) is 3.71. The van der Waals surface area contributed by atoms with Crippen molar-refractivity contribution in [3.63, 3.8) is 0 Å². The zero-order valence-electron chi connectivity index (χ0n) is 11.9. The van der Waals surface area contributed by atoms with Gasteiger partial charge in [-0.2, -0.15) is 0 Å². The molecule has 0 unspecified atom stereocenters. The van der Waals surface area contributed by atoms with Gasteiger partial charge < -0.3 is 10.1 Å². The Bertz CT molecular complexity index is 558. The van der Waals surface area contributed by atoms with Crippen LogP contribution in [0, 0.1) is 6.92 Å². The van der Waals surface area contributed by atoms with E-state index in [2.05, 4.69) is 60.8 Å². The molecule has 20 heavy (non-hydrogen) atoms. The lowest BCUT2D eigenvalue weighted by atomic mass is 10.1. The molecule has 1 aliphatic carbocycles. The highest BCUT2D eigenvalue weighted by Crippen LogP contribution is 2.20. The number of benzene rings is 2. The molecule has 1 fully saturated rings. The normalized spacial score (nSPS) is 14.2. The average molecular weight is 267 g/mol. The number of hydrogen-bond donors (Lipinski definition) is 1. The molecule has 0 amide bonds. The van der Waals surface area contributed by atoms with E-state index >= 15 is 0 Å². The summed E-state index contributed by atoms with van der Waals surface area (Å²) >= 11 is 0. The lowest BCUT2D eigenvalue weighted by Gasteiger charge is -2.09. The van der Waals surface area contributed by atoms with E-state index < -0.39 is 0 Å². The van der Waals surface area contributed by atoms with Gasteiger partial charge in [-0.1, -0.05) is 36.4 Å². The van der Waals surface area contributed by atoms with Crippen molar-refractivity contribution in [2.24, 2.45) is 0 Å². The molecular formula is C18H21NO. The van der Waals surface area contributed by atoms with Crippen molar-refractivity contribution < 1.29 is 4.74 Å².